The summed E-state index contributed by atoms with van der Waals surface area (Å²) in [5, 5.41) is 3.73. The number of hydrogen-bond acceptors (Lipinski definition) is 6. The lowest BCUT2D eigenvalue weighted by Gasteiger charge is -2.20. The zero-order chi connectivity index (χ0) is 15.6. The molecule has 2 rings (SSSR count). The Morgan fingerprint density at radius 2 is 2.00 bits per heavy atom. The first-order valence-electron chi connectivity index (χ1n) is 5.58. The predicted octanol–water partition coefficient (Wildman–Crippen LogP) is 2.69. The molecule has 21 heavy (non-hydrogen) atoms. The van der Waals surface area contributed by atoms with Crippen molar-refractivity contribution in [2.24, 2.45) is 0 Å². The van der Waals surface area contributed by atoms with Gasteiger partial charge in [-0.05, 0) is 24.3 Å². The van der Waals surface area contributed by atoms with Gasteiger partial charge in [-0.15, -0.1) is 5.10 Å². The van der Waals surface area contributed by atoms with Gasteiger partial charge >= 0.3 is 0 Å². The second-order valence-corrected chi connectivity index (χ2v) is 8.11. The van der Waals surface area contributed by atoms with Crippen LogP contribution in [0.4, 0.5) is 0 Å². The van der Waals surface area contributed by atoms with E-state index in [0.717, 1.165) is 20.3 Å². The molecule has 0 fully saturated rings. The van der Waals surface area contributed by atoms with Crippen molar-refractivity contribution < 1.29 is 13.2 Å². The SMILES string of the molecule is CC(=O)N(Cc1nnsc1Cl)S(=O)(=O)c1ccc(Br)cc1. The highest BCUT2D eigenvalue weighted by Crippen LogP contribution is 2.24. The van der Waals surface area contributed by atoms with Gasteiger partial charge in [0.1, 0.15) is 10.0 Å². The van der Waals surface area contributed by atoms with Crippen molar-refractivity contribution in [3.63, 3.8) is 0 Å². The monoisotopic (exact) mass is 409 g/mol. The van der Waals surface area contributed by atoms with Crippen LogP contribution in [0.25, 0.3) is 0 Å². The first kappa shape index (κ1) is 16.3. The van der Waals surface area contributed by atoms with Gasteiger partial charge in [-0.2, -0.15) is 0 Å². The number of sulfonamides is 1. The molecule has 0 N–H and O–H groups in total. The summed E-state index contributed by atoms with van der Waals surface area (Å²) in [5.41, 5.74) is 0.248. The lowest BCUT2D eigenvalue weighted by atomic mass is 10.4. The van der Waals surface area contributed by atoms with E-state index in [4.69, 9.17) is 11.6 Å². The summed E-state index contributed by atoms with van der Waals surface area (Å²) >= 11 is 10.0. The third-order valence-corrected chi connectivity index (χ3v) is 5.90. The molecular formula is C11H9BrClN3O3S2. The van der Waals surface area contributed by atoms with E-state index in [0.29, 0.717) is 0 Å². The number of hydrogen-bond donors (Lipinski definition) is 0. The van der Waals surface area contributed by atoms with E-state index >= 15 is 0 Å². The van der Waals surface area contributed by atoms with Gasteiger partial charge in [0.05, 0.1) is 11.4 Å². The second kappa shape index (κ2) is 6.39. The fourth-order valence-electron chi connectivity index (χ4n) is 1.53. The minimum absolute atomic E-state index is 0.0141. The number of halogens is 2. The van der Waals surface area contributed by atoms with Gasteiger partial charge in [-0.3, -0.25) is 4.79 Å². The van der Waals surface area contributed by atoms with Crippen LogP contribution in [0.15, 0.2) is 33.6 Å². The topological polar surface area (TPSA) is 80.2 Å². The highest BCUT2D eigenvalue weighted by molar-refractivity contribution is 9.10. The summed E-state index contributed by atoms with van der Waals surface area (Å²) in [6.07, 6.45) is 0. The zero-order valence-electron chi connectivity index (χ0n) is 10.7. The lowest BCUT2D eigenvalue weighted by molar-refractivity contribution is -0.124. The van der Waals surface area contributed by atoms with Crippen molar-refractivity contribution in [2.75, 3.05) is 0 Å². The maximum absolute atomic E-state index is 12.5. The van der Waals surface area contributed by atoms with Crippen LogP contribution in [0.2, 0.25) is 4.34 Å². The minimum atomic E-state index is -3.97. The Hall–Kier alpha value is -1.03. The van der Waals surface area contributed by atoms with Crippen molar-refractivity contribution >= 4 is 55.0 Å². The molecular weight excluding hydrogens is 402 g/mol. The van der Waals surface area contributed by atoms with Gasteiger partial charge in [-0.25, -0.2) is 12.7 Å². The van der Waals surface area contributed by atoms with Crippen LogP contribution in [0.3, 0.4) is 0 Å². The molecule has 0 bridgehead atoms. The van der Waals surface area contributed by atoms with Crippen molar-refractivity contribution in [1.29, 1.82) is 0 Å². The highest BCUT2D eigenvalue weighted by Gasteiger charge is 2.28. The fourth-order valence-corrected chi connectivity index (χ4v) is 3.77. The molecule has 1 aromatic heterocycles. The molecule has 0 aliphatic rings. The van der Waals surface area contributed by atoms with Crippen LogP contribution < -0.4 is 0 Å². The van der Waals surface area contributed by atoms with Gasteiger partial charge in [-0.1, -0.05) is 32.0 Å². The number of carbonyl (C=O) groups excluding carboxylic acids is 1. The van der Waals surface area contributed by atoms with Gasteiger partial charge < -0.3 is 0 Å². The molecule has 1 amide bonds. The first-order valence-corrected chi connectivity index (χ1v) is 8.96. The van der Waals surface area contributed by atoms with Crippen molar-refractivity contribution in [3.8, 4) is 0 Å². The number of benzene rings is 1. The molecule has 10 heteroatoms. The van der Waals surface area contributed by atoms with E-state index in [1.54, 1.807) is 12.1 Å². The van der Waals surface area contributed by atoms with Crippen LogP contribution >= 0.6 is 39.1 Å². The minimum Gasteiger partial charge on any atom is -0.274 e. The van der Waals surface area contributed by atoms with Crippen LogP contribution in [-0.4, -0.2) is 28.2 Å². The number of amides is 1. The van der Waals surface area contributed by atoms with Crippen molar-refractivity contribution in [1.82, 2.24) is 13.9 Å². The Labute approximate surface area is 139 Å². The molecule has 0 saturated heterocycles. The molecule has 112 valence electrons. The van der Waals surface area contributed by atoms with Crippen LogP contribution in [0.5, 0.6) is 0 Å². The van der Waals surface area contributed by atoms with E-state index < -0.39 is 15.9 Å². The fraction of sp³-hybridized carbons (Fsp3) is 0.182. The van der Waals surface area contributed by atoms with Gasteiger partial charge in [0.2, 0.25) is 5.91 Å². The van der Waals surface area contributed by atoms with E-state index in [1.807, 2.05) is 0 Å². The molecule has 2 aromatic rings. The number of aromatic nitrogens is 2. The second-order valence-electron chi connectivity index (χ2n) is 3.98. The molecule has 0 unspecified atom stereocenters. The Bertz CT molecular complexity index is 761. The molecule has 1 heterocycles. The maximum Gasteiger partial charge on any atom is 0.266 e. The molecule has 6 nitrogen and oxygen atoms in total. The Morgan fingerprint density at radius 1 is 1.38 bits per heavy atom. The van der Waals surface area contributed by atoms with Crippen molar-refractivity contribution in [2.45, 2.75) is 18.4 Å². The predicted molar refractivity (Wildman–Crippen MR) is 82.5 cm³/mol. The molecule has 0 atom stereocenters. The molecule has 1 aromatic carbocycles. The Morgan fingerprint density at radius 3 is 2.48 bits per heavy atom. The van der Waals surface area contributed by atoms with Gasteiger partial charge in [0, 0.05) is 22.9 Å². The number of rotatable bonds is 4. The summed E-state index contributed by atoms with van der Waals surface area (Å²) in [4.78, 5) is 11.7. The van der Waals surface area contributed by atoms with Crippen LogP contribution in [0.1, 0.15) is 12.6 Å². The third kappa shape index (κ3) is 3.60. The zero-order valence-corrected chi connectivity index (χ0v) is 14.6. The van der Waals surface area contributed by atoms with Gasteiger partial charge in [0.25, 0.3) is 10.0 Å². The Kier molecular flexibility index (Phi) is 4.97. The van der Waals surface area contributed by atoms with E-state index in [9.17, 15) is 13.2 Å². The first-order chi connectivity index (χ1) is 9.82. The lowest BCUT2D eigenvalue weighted by Crippen LogP contribution is -2.34. The summed E-state index contributed by atoms with van der Waals surface area (Å²) in [6, 6.07) is 6.00. The van der Waals surface area contributed by atoms with E-state index in [2.05, 4.69) is 25.5 Å². The average molecular weight is 411 g/mol. The number of nitrogens with zero attached hydrogens (tertiary/aromatic N) is 3. The summed E-state index contributed by atoms with van der Waals surface area (Å²) in [6.45, 7) is 0.924. The summed E-state index contributed by atoms with van der Waals surface area (Å²) in [7, 11) is -3.97. The maximum atomic E-state index is 12.5. The summed E-state index contributed by atoms with van der Waals surface area (Å²) < 4.78 is 30.4. The molecule has 0 radical (unpaired) electrons. The highest BCUT2D eigenvalue weighted by atomic mass is 79.9. The van der Waals surface area contributed by atoms with Crippen molar-refractivity contribution in [3.05, 3.63) is 38.8 Å². The molecule has 0 aliphatic heterocycles. The smallest absolute Gasteiger partial charge is 0.266 e. The number of carbonyl (C=O) groups is 1. The standard InChI is InChI=1S/C11H9BrClN3O3S2/c1-7(17)16(6-10-11(13)20-15-14-10)21(18,19)9-4-2-8(12)3-5-9/h2-5H,6H2,1H3. The van der Waals surface area contributed by atoms with E-state index in [1.165, 1.54) is 19.1 Å². The van der Waals surface area contributed by atoms with Crippen LogP contribution in [0, 0.1) is 0 Å². The van der Waals surface area contributed by atoms with E-state index in [-0.39, 0.29) is 21.5 Å². The largest absolute Gasteiger partial charge is 0.274 e. The normalized spacial score (nSPS) is 11.4. The molecule has 0 aliphatic carbocycles. The Balaban J connectivity index is 2.39. The quantitative estimate of drug-likeness (QED) is 0.774. The third-order valence-electron chi connectivity index (χ3n) is 2.56. The van der Waals surface area contributed by atoms with Gasteiger partial charge in [0.15, 0.2) is 0 Å². The molecule has 0 spiro atoms. The average Bonchev–Trinajstić information content (AvgIpc) is 2.81. The summed E-state index contributed by atoms with van der Waals surface area (Å²) in [5.74, 6) is -0.623. The molecule has 0 saturated carbocycles. The van der Waals surface area contributed by atoms with Crippen LogP contribution in [-0.2, 0) is 21.4 Å².